The highest BCUT2D eigenvalue weighted by atomic mass is 127. The van der Waals surface area contributed by atoms with E-state index in [1.165, 1.54) is 28.5 Å². The lowest BCUT2D eigenvalue weighted by Gasteiger charge is -2.33. The molecule has 0 spiro atoms. The van der Waals surface area contributed by atoms with Crippen molar-refractivity contribution in [2.24, 2.45) is 11.8 Å². The van der Waals surface area contributed by atoms with Gasteiger partial charge in [-0.25, -0.2) is 0 Å². The molecule has 1 nitrogen and oxygen atoms in total. The fraction of sp³-hybridized carbons (Fsp3) is 0.571. The zero-order chi connectivity index (χ0) is 11.5. The zero-order valence-corrected chi connectivity index (χ0v) is 12.2. The van der Waals surface area contributed by atoms with Crippen LogP contribution in [0, 0.1) is 15.4 Å². The summed E-state index contributed by atoms with van der Waals surface area (Å²) in [7, 11) is 0. The molecule has 0 aromatic heterocycles. The van der Waals surface area contributed by atoms with Gasteiger partial charge in [-0.1, -0.05) is 19.9 Å². The number of hydrogen-bond donors (Lipinski definition) is 1. The Morgan fingerprint density at radius 1 is 1.19 bits per heavy atom. The van der Waals surface area contributed by atoms with Gasteiger partial charge in [0.2, 0.25) is 0 Å². The highest BCUT2D eigenvalue weighted by molar-refractivity contribution is 14.1. The van der Waals surface area contributed by atoms with Crippen molar-refractivity contribution in [3.63, 3.8) is 0 Å². The molecule has 1 N–H and O–H groups in total. The van der Waals surface area contributed by atoms with Gasteiger partial charge in [0, 0.05) is 15.3 Å². The molecule has 0 radical (unpaired) electrons. The summed E-state index contributed by atoms with van der Waals surface area (Å²) in [6.45, 7) is 4.76. The first-order valence-corrected chi connectivity index (χ1v) is 7.25. The van der Waals surface area contributed by atoms with E-state index in [4.69, 9.17) is 0 Å². The molecular formula is C14H20IN. The predicted octanol–water partition coefficient (Wildman–Crippen LogP) is 4.53. The van der Waals surface area contributed by atoms with E-state index < -0.39 is 0 Å². The third-order valence-electron chi connectivity index (χ3n) is 3.79. The van der Waals surface area contributed by atoms with Crippen LogP contribution in [0.25, 0.3) is 0 Å². The van der Waals surface area contributed by atoms with Gasteiger partial charge in [-0.3, -0.25) is 0 Å². The van der Waals surface area contributed by atoms with Crippen LogP contribution in [-0.4, -0.2) is 6.04 Å². The monoisotopic (exact) mass is 329 g/mol. The fourth-order valence-corrected chi connectivity index (χ4v) is 3.04. The average Bonchev–Trinajstić information content (AvgIpc) is 2.24. The van der Waals surface area contributed by atoms with E-state index in [2.05, 4.69) is 66.0 Å². The molecule has 1 aromatic rings. The summed E-state index contributed by atoms with van der Waals surface area (Å²) in [5.74, 6) is 1.75. The van der Waals surface area contributed by atoms with Gasteiger partial charge >= 0.3 is 0 Å². The molecule has 0 heterocycles. The summed E-state index contributed by atoms with van der Waals surface area (Å²) in [5.41, 5.74) is 1.28. The second kappa shape index (κ2) is 5.39. The second-order valence-corrected chi connectivity index (χ2v) is 6.36. The summed E-state index contributed by atoms with van der Waals surface area (Å²) in [6.07, 6.45) is 3.99. The smallest absolute Gasteiger partial charge is 0.0352 e. The van der Waals surface area contributed by atoms with E-state index in [0.717, 1.165) is 11.8 Å². The van der Waals surface area contributed by atoms with E-state index in [-0.39, 0.29) is 0 Å². The summed E-state index contributed by atoms with van der Waals surface area (Å²) in [4.78, 5) is 0. The Labute approximate surface area is 112 Å². The van der Waals surface area contributed by atoms with E-state index in [1.807, 2.05) is 0 Å². The first-order chi connectivity index (χ1) is 7.65. The van der Waals surface area contributed by atoms with Gasteiger partial charge in [0.25, 0.3) is 0 Å². The minimum absolute atomic E-state index is 0.671. The largest absolute Gasteiger partial charge is 0.382 e. The Kier molecular flexibility index (Phi) is 4.11. The molecule has 0 bridgehead atoms. The van der Waals surface area contributed by atoms with Crippen LogP contribution in [0.1, 0.15) is 33.1 Å². The minimum atomic E-state index is 0.671. The van der Waals surface area contributed by atoms with E-state index in [1.54, 1.807) is 0 Å². The van der Waals surface area contributed by atoms with Gasteiger partial charge in [-0.05, 0) is 71.9 Å². The Bertz CT molecular complexity index is 350. The van der Waals surface area contributed by atoms with Gasteiger partial charge in [0.15, 0.2) is 0 Å². The quantitative estimate of drug-likeness (QED) is 0.786. The predicted molar refractivity (Wildman–Crippen MR) is 78.7 cm³/mol. The molecule has 1 fully saturated rings. The average molecular weight is 329 g/mol. The lowest BCUT2D eigenvalue weighted by molar-refractivity contribution is 0.261. The first kappa shape index (κ1) is 12.2. The van der Waals surface area contributed by atoms with Crippen molar-refractivity contribution in [1.82, 2.24) is 0 Å². The van der Waals surface area contributed by atoms with Crippen LogP contribution in [0.5, 0.6) is 0 Å². The van der Waals surface area contributed by atoms with Crippen molar-refractivity contribution >= 4 is 28.3 Å². The van der Waals surface area contributed by atoms with Crippen molar-refractivity contribution in [2.75, 3.05) is 5.32 Å². The molecular weight excluding hydrogens is 309 g/mol. The van der Waals surface area contributed by atoms with Crippen LogP contribution in [-0.2, 0) is 0 Å². The number of hydrogen-bond acceptors (Lipinski definition) is 1. The number of anilines is 1. The first-order valence-electron chi connectivity index (χ1n) is 6.17. The SMILES string of the molecule is CC1CCC(Nc2cccc(I)c2)CC1C. The number of nitrogens with one attached hydrogen (secondary N) is 1. The molecule has 3 unspecified atom stereocenters. The minimum Gasteiger partial charge on any atom is -0.382 e. The second-order valence-electron chi connectivity index (χ2n) is 5.12. The van der Waals surface area contributed by atoms with Crippen LogP contribution in [0.4, 0.5) is 5.69 Å². The van der Waals surface area contributed by atoms with Crippen molar-refractivity contribution in [3.8, 4) is 0 Å². The van der Waals surface area contributed by atoms with Gasteiger partial charge in [0.05, 0.1) is 0 Å². The maximum Gasteiger partial charge on any atom is 0.0352 e. The Hall–Kier alpha value is -0.250. The fourth-order valence-electron chi connectivity index (χ4n) is 2.49. The molecule has 2 heteroatoms. The summed E-state index contributed by atoms with van der Waals surface area (Å²) >= 11 is 2.37. The summed E-state index contributed by atoms with van der Waals surface area (Å²) in [6, 6.07) is 9.33. The maximum absolute atomic E-state index is 3.67. The van der Waals surface area contributed by atoms with E-state index in [0.29, 0.717) is 6.04 Å². The lowest BCUT2D eigenvalue weighted by atomic mass is 9.79. The van der Waals surface area contributed by atoms with Crippen LogP contribution >= 0.6 is 22.6 Å². The lowest BCUT2D eigenvalue weighted by Crippen LogP contribution is -2.30. The Morgan fingerprint density at radius 2 is 2.00 bits per heavy atom. The van der Waals surface area contributed by atoms with Crippen LogP contribution in [0.2, 0.25) is 0 Å². The van der Waals surface area contributed by atoms with Crippen molar-refractivity contribution in [3.05, 3.63) is 27.8 Å². The summed E-state index contributed by atoms with van der Waals surface area (Å²) in [5, 5.41) is 3.67. The molecule has 2 rings (SSSR count). The molecule has 1 aliphatic rings. The normalized spacial score (nSPS) is 30.1. The molecule has 1 saturated carbocycles. The van der Waals surface area contributed by atoms with E-state index in [9.17, 15) is 0 Å². The zero-order valence-electron chi connectivity index (χ0n) is 10.0. The van der Waals surface area contributed by atoms with Gasteiger partial charge in [-0.15, -0.1) is 0 Å². The molecule has 0 amide bonds. The molecule has 88 valence electrons. The highest BCUT2D eigenvalue weighted by Crippen LogP contribution is 2.31. The molecule has 0 aliphatic heterocycles. The van der Waals surface area contributed by atoms with Crippen LogP contribution in [0.3, 0.4) is 0 Å². The van der Waals surface area contributed by atoms with Crippen LogP contribution in [0.15, 0.2) is 24.3 Å². The molecule has 1 aromatic carbocycles. The third kappa shape index (κ3) is 3.12. The van der Waals surface area contributed by atoms with Crippen molar-refractivity contribution in [2.45, 2.75) is 39.2 Å². The van der Waals surface area contributed by atoms with Crippen molar-refractivity contribution < 1.29 is 0 Å². The molecule has 3 atom stereocenters. The highest BCUT2D eigenvalue weighted by Gasteiger charge is 2.24. The van der Waals surface area contributed by atoms with Crippen LogP contribution < -0.4 is 5.32 Å². The van der Waals surface area contributed by atoms with Crippen molar-refractivity contribution in [1.29, 1.82) is 0 Å². The molecule has 1 aliphatic carbocycles. The molecule has 0 saturated heterocycles. The van der Waals surface area contributed by atoms with Gasteiger partial charge < -0.3 is 5.32 Å². The summed E-state index contributed by atoms with van der Waals surface area (Å²) < 4.78 is 1.31. The Morgan fingerprint density at radius 3 is 2.69 bits per heavy atom. The number of halogens is 1. The van der Waals surface area contributed by atoms with E-state index >= 15 is 0 Å². The standard InChI is InChI=1S/C14H20IN/c1-10-6-7-14(8-11(10)2)16-13-5-3-4-12(15)9-13/h3-5,9-11,14,16H,6-8H2,1-2H3. The maximum atomic E-state index is 3.67. The Balaban J connectivity index is 1.95. The van der Waals surface area contributed by atoms with Gasteiger partial charge in [0.1, 0.15) is 0 Å². The topological polar surface area (TPSA) is 12.0 Å². The number of benzene rings is 1. The molecule has 16 heavy (non-hydrogen) atoms. The third-order valence-corrected chi connectivity index (χ3v) is 4.46. The van der Waals surface area contributed by atoms with Gasteiger partial charge in [-0.2, -0.15) is 0 Å². The number of rotatable bonds is 2.